The zero-order valence-corrected chi connectivity index (χ0v) is 17.2. The quantitative estimate of drug-likeness (QED) is 0.348. The second-order valence-corrected chi connectivity index (χ2v) is 7.59. The van der Waals surface area contributed by atoms with Crippen LogP contribution in [-0.4, -0.2) is 14.5 Å². The minimum absolute atomic E-state index is 0.250. The van der Waals surface area contributed by atoms with Crippen LogP contribution < -0.4 is 5.32 Å². The smallest absolute Gasteiger partial charge is 0.150 e. The number of nitrogens with zero attached hydrogens (tertiary/aromatic N) is 3. The van der Waals surface area contributed by atoms with Gasteiger partial charge in [-0.1, -0.05) is 54.1 Å². The fourth-order valence-electron chi connectivity index (χ4n) is 3.62. The van der Waals surface area contributed by atoms with Gasteiger partial charge in [-0.05, 0) is 47.5 Å². The van der Waals surface area contributed by atoms with E-state index in [1.54, 1.807) is 18.5 Å². The molecule has 0 saturated carbocycles. The van der Waals surface area contributed by atoms with Crippen LogP contribution >= 0.6 is 11.6 Å². The molecule has 0 amide bonds. The molecule has 0 radical (unpaired) electrons. The molecule has 4 nitrogen and oxygen atoms in total. The van der Waals surface area contributed by atoms with Crippen LogP contribution in [0.5, 0.6) is 0 Å². The minimum atomic E-state index is -0.250. The fourth-order valence-corrected chi connectivity index (χ4v) is 3.74. The lowest BCUT2D eigenvalue weighted by atomic mass is 10.1. The average Bonchev–Trinajstić information content (AvgIpc) is 3.20. The molecule has 0 aliphatic heterocycles. The van der Waals surface area contributed by atoms with E-state index in [0.717, 1.165) is 39.2 Å². The van der Waals surface area contributed by atoms with Crippen molar-refractivity contribution >= 4 is 28.5 Å². The van der Waals surface area contributed by atoms with Crippen molar-refractivity contribution in [1.29, 1.82) is 0 Å². The van der Waals surface area contributed by atoms with E-state index in [1.807, 2.05) is 47.0 Å². The molecule has 0 bridgehead atoms. The Labute approximate surface area is 184 Å². The van der Waals surface area contributed by atoms with Gasteiger partial charge in [-0.15, -0.1) is 0 Å². The highest BCUT2D eigenvalue weighted by molar-refractivity contribution is 6.30. The van der Waals surface area contributed by atoms with Gasteiger partial charge < -0.3 is 9.88 Å². The summed E-state index contributed by atoms with van der Waals surface area (Å²) in [6.45, 7) is 0.521. The van der Waals surface area contributed by atoms with E-state index in [-0.39, 0.29) is 5.82 Å². The highest BCUT2D eigenvalue weighted by Gasteiger charge is 2.17. The largest absolute Gasteiger partial charge is 0.365 e. The van der Waals surface area contributed by atoms with Crippen molar-refractivity contribution in [2.24, 2.45) is 0 Å². The molecular weight excluding hydrogens is 411 g/mol. The van der Waals surface area contributed by atoms with Crippen LogP contribution in [0.2, 0.25) is 5.02 Å². The molecule has 0 fully saturated rings. The molecule has 0 unspecified atom stereocenters. The van der Waals surface area contributed by atoms with Gasteiger partial charge in [0.25, 0.3) is 0 Å². The van der Waals surface area contributed by atoms with Gasteiger partial charge in [-0.2, -0.15) is 0 Å². The highest BCUT2D eigenvalue weighted by atomic mass is 35.5. The Bertz CT molecular complexity index is 1330. The fraction of sp³-hybridized carbons (Fsp3) is 0.0400. The molecule has 5 rings (SSSR count). The number of benzene rings is 3. The van der Waals surface area contributed by atoms with E-state index in [0.29, 0.717) is 11.6 Å². The van der Waals surface area contributed by atoms with Crippen LogP contribution in [0.15, 0.2) is 91.4 Å². The van der Waals surface area contributed by atoms with Gasteiger partial charge in [0.1, 0.15) is 18.0 Å². The molecular formula is C25H18ClFN4. The highest BCUT2D eigenvalue weighted by Crippen LogP contribution is 2.35. The van der Waals surface area contributed by atoms with Gasteiger partial charge in [0, 0.05) is 29.0 Å². The number of halogens is 2. The van der Waals surface area contributed by atoms with Crippen LogP contribution in [0.4, 0.5) is 10.2 Å². The second-order valence-electron chi connectivity index (χ2n) is 7.16. The molecule has 31 heavy (non-hydrogen) atoms. The number of rotatable bonds is 5. The lowest BCUT2D eigenvalue weighted by Gasteiger charge is -2.09. The Balaban J connectivity index is 1.64. The zero-order chi connectivity index (χ0) is 21.2. The third-order valence-electron chi connectivity index (χ3n) is 5.15. The number of nitrogens with one attached hydrogen (secondary N) is 1. The minimum Gasteiger partial charge on any atom is -0.365 e. The van der Waals surface area contributed by atoms with Gasteiger partial charge in [-0.3, -0.25) is 0 Å². The van der Waals surface area contributed by atoms with Gasteiger partial charge in [-0.25, -0.2) is 14.4 Å². The monoisotopic (exact) mass is 428 g/mol. The Morgan fingerprint density at radius 3 is 2.35 bits per heavy atom. The Morgan fingerprint density at radius 2 is 1.61 bits per heavy atom. The van der Waals surface area contributed by atoms with E-state index in [2.05, 4.69) is 33.6 Å². The van der Waals surface area contributed by atoms with Crippen molar-refractivity contribution in [3.05, 3.63) is 108 Å². The molecule has 6 heteroatoms. The van der Waals surface area contributed by atoms with E-state index in [4.69, 9.17) is 11.6 Å². The van der Waals surface area contributed by atoms with Crippen LogP contribution in [0, 0.1) is 5.82 Å². The summed E-state index contributed by atoms with van der Waals surface area (Å²) in [5.74, 6) is 0.473. The van der Waals surface area contributed by atoms with Crippen molar-refractivity contribution in [1.82, 2.24) is 14.5 Å². The number of fused-ring (bicyclic) bond motifs is 1. The van der Waals surface area contributed by atoms with E-state index in [1.165, 1.54) is 12.1 Å². The van der Waals surface area contributed by atoms with Crippen molar-refractivity contribution in [2.75, 3.05) is 5.32 Å². The number of hydrogen-bond acceptors (Lipinski definition) is 3. The first-order chi connectivity index (χ1) is 15.2. The molecule has 0 aliphatic carbocycles. The van der Waals surface area contributed by atoms with Crippen molar-refractivity contribution < 1.29 is 4.39 Å². The number of aromatic nitrogens is 3. The predicted molar refractivity (Wildman–Crippen MR) is 123 cm³/mol. The molecule has 0 atom stereocenters. The van der Waals surface area contributed by atoms with Crippen LogP contribution in [-0.2, 0) is 6.54 Å². The Kier molecular flexibility index (Phi) is 5.10. The molecule has 2 heterocycles. The summed E-state index contributed by atoms with van der Waals surface area (Å²) in [6.07, 6.45) is 3.62. The summed E-state index contributed by atoms with van der Waals surface area (Å²) in [5, 5.41) is 5.00. The Morgan fingerprint density at radius 1 is 0.871 bits per heavy atom. The van der Waals surface area contributed by atoms with Crippen molar-refractivity contribution in [2.45, 2.75) is 6.54 Å². The lowest BCUT2D eigenvalue weighted by molar-refractivity contribution is 0.627. The maximum atomic E-state index is 13.2. The topological polar surface area (TPSA) is 42.7 Å². The first-order valence-electron chi connectivity index (χ1n) is 9.85. The van der Waals surface area contributed by atoms with Gasteiger partial charge in [0.2, 0.25) is 0 Å². The third kappa shape index (κ3) is 3.88. The third-order valence-corrected chi connectivity index (χ3v) is 5.40. The number of hydrogen-bond donors (Lipinski definition) is 1. The zero-order valence-electron chi connectivity index (χ0n) is 16.5. The van der Waals surface area contributed by atoms with Gasteiger partial charge in [0.15, 0.2) is 5.65 Å². The maximum Gasteiger partial charge on any atom is 0.150 e. The average molecular weight is 429 g/mol. The second kappa shape index (κ2) is 8.20. The van der Waals surface area contributed by atoms with Crippen LogP contribution in [0.25, 0.3) is 27.8 Å². The summed E-state index contributed by atoms with van der Waals surface area (Å²) >= 11 is 6.08. The SMILES string of the molecule is Fc1ccc(CNc2ncnc3c2c(-c2ccccc2)cn3-c2ccc(Cl)cc2)cc1. The normalized spacial score (nSPS) is 11.0. The summed E-state index contributed by atoms with van der Waals surface area (Å²) in [7, 11) is 0. The molecule has 2 aromatic heterocycles. The van der Waals surface area contributed by atoms with E-state index >= 15 is 0 Å². The van der Waals surface area contributed by atoms with Crippen LogP contribution in [0.3, 0.4) is 0 Å². The molecule has 152 valence electrons. The first kappa shape index (κ1) is 19.3. The molecule has 5 aromatic rings. The van der Waals surface area contributed by atoms with Crippen molar-refractivity contribution in [3.63, 3.8) is 0 Å². The molecule has 0 aliphatic rings. The van der Waals surface area contributed by atoms with Gasteiger partial charge >= 0.3 is 0 Å². The number of anilines is 1. The van der Waals surface area contributed by atoms with Gasteiger partial charge in [0.05, 0.1) is 5.39 Å². The molecule has 3 aromatic carbocycles. The molecule has 0 saturated heterocycles. The molecule has 0 spiro atoms. The summed E-state index contributed by atoms with van der Waals surface area (Å²) in [6, 6.07) is 24.2. The van der Waals surface area contributed by atoms with Crippen LogP contribution in [0.1, 0.15) is 5.56 Å². The standard InChI is InChI=1S/C25H18ClFN4/c26-19-8-12-21(13-9-19)31-15-22(18-4-2-1-3-5-18)23-24(29-16-30-25(23)31)28-14-17-6-10-20(27)11-7-17/h1-13,15-16H,14H2,(H,28,29,30). The predicted octanol–water partition coefficient (Wildman–Crippen LogP) is 6.49. The van der Waals surface area contributed by atoms with Crippen molar-refractivity contribution in [3.8, 4) is 16.8 Å². The first-order valence-corrected chi connectivity index (χ1v) is 10.2. The molecule has 1 N–H and O–H groups in total. The summed E-state index contributed by atoms with van der Waals surface area (Å²) in [5.41, 5.74) is 4.80. The lowest BCUT2D eigenvalue weighted by Crippen LogP contribution is -2.03. The maximum absolute atomic E-state index is 13.2. The van der Waals surface area contributed by atoms with E-state index in [9.17, 15) is 4.39 Å². The Hall–Kier alpha value is -3.70. The summed E-state index contributed by atoms with van der Waals surface area (Å²) in [4.78, 5) is 9.10. The summed E-state index contributed by atoms with van der Waals surface area (Å²) < 4.78 is 15.3. The van der Waals surface area contributed by atoms with E-state index < -0.39 is 0 Å².